The van der Waals surface area contributed by atoms with Crippen molar-refractivity contribution in [3.8, 4) is 0 Å². The molecule has 0 aliphatic heterocycles. The van der Waals surface area contributed by atoms with Gasteiger partial charge in [0.25, 0.3) is 0 Å². The van der Waals surface area contributed by atoms with E-state index in [1.165, 1.54) is 57.7 Å². The van der Waals surface area contributed by atoms with E-state index < -0.39 is 0 Å². The maximum atomic E-state index is 5.01. The van der Waals surface area contributed by atoms with Crippen LogP contribution in [0.2, 0.25) is 0 Å². The van der Waals surface area contributed by atoms with Crippen LogP contribution >= 0.6 is 0 Å². The van der Waals surface area contributed by atoms with E-state index in [0.717, 1.165) is 18.9 Å². The van der Waals surface area contributed by atoms with Crippen molar-refractivity contribution in [3.63, 3.8) is 0 Å². The van der Waals surface area contributed by atoms with Gasteiger partial charge in [0.05, 0.1) is 0 Å². The molecule has 1 N–H and O–H groups in total. The smallest absolute Gasteiger partial charge is 0.227 e. The third kappa shape index (κ3) is 7.98. The Morgan fingerprint density at radius 3 is 2.32 bits per heavy atom. The Bertz CT molecular complexity index is 278. The largest absolute Gasteiger partial charge is 0.340 e. The Morgan fingerprint density at radius 2 is 1.79 bits per heavy atom. The van der Waals surface area contributed by atoms with Crippen LogP contribution in [0, 0.1) is 0 Å². The molecule has 0 atom stereocenters. The van der Waals surface area contributed by atoms with Gasteiger partial charge in [-0.3, -0.25) is 0 Å². The zero-order chi connectivity index (χ0) is 13.8. The van der Waals surface area contributed by atoms with E-state index in [1.54, 1.807) is 0 Å². The molecule has 4 nitrogen and oxygen atoms in total. The van der Waals surface area contributed by atoms with E-state index in [0.29, 0.717) is 6.04 Å². The third-order valence-corrected chi connectivity index (χ3v) is 3.49. The minimum absolute atomic E-state index is 0.654. The molecule has 0 fully saturated rings. The molecule has 1 rings (SSSR count). The highest BCUT2D eigenvalue weighted by molar-refractivity contribution is 4.77. The van der Waals surface area contributed by atoms with Crippen molar-refractivity contribution in [1.29, 1.82) is 0 Å². The molecule has 0 spiro atoms. The zero-order valence-corrected chi connectivity index (χ0v) is 12.5. The molecule has 1 aromatic rings. The number of unbranched alkanes of at least 4 members (excludes halogenated alkanes) is 4. The molecule has 110 valence electrons. The van der Waals surface area contributed by atoms with Crippen molar-refractivity contribution in [2.75, 3.05) is 6.54 Å². The first-order valence-electron chi connectivity index (χ1n) is 7.85. The SMILES string of the molecule is CCCCCC(CCCCC)NCCc1ncno1. The summed E-state index contributed by atoms with van der Waals surface area (Å²) in [6.45, 7) is 5.45. The summed E-state index contributed by atoms with van der Waals surface area (Å²) in [6, 6.07) is 0.654. The summed E-state index contributed by atoms with van der Waals surface area (Å²) < 4.78 is 5.01. The molecular weight excluding hydrogens is 238 g/mol. The number of nitrogens with one attached hydrogen (secondary N) is 1. The first-order chi connectivity index (χ1) is 9.36. The minimum atomic E-state index is 0.654. The summed E-state index contributed by atoms with van der Waals surface area (Å²) in [5.74, 6) is 0.730. The van der Waals surface area contributed by atoms with Gasteiger partial charge in [0.1, 0.15) is 0 Å². The zero-order valence-electron chi connectivity index (χ0n) is 12.5. The van der Waals surface area contributed by atoms with Crippen molar-refractivity contribution in [2.45, 2.75) is 77.7 Å². The quantitative estimate of drug-likeness (QED) is 0.586. The fourth-order valence-corrected chi connectivity index (χ4v) is 2.32. The van der Waals surface area contributed by atoms with E-state index in [1.807, 2.05) is 0 Å². The van der Waals surface area contributed by atoms with Crippen LogP contribution < -0.4 is 5.32 Å². The molecular formula is C15H29N3O. The fraction of sp³-hybridized carbons (Fsp3) is 0.867. The van der Waals surface area contributed by atoms with Gasteiger partial charge in [0.2, 0.25) is 5.89 Å². The summed E-state index contributed by atoms with van der Waals surface area (Å²) in [5.41, 5.74) is 0. The average Bonchev–Trinajstić information content (AvgIpc) is 2.92. The Morgan fingerprint density at radius 1 is 1.11 bits per heavy atom. The van der Waals surface area contributed by atoms with Gasteiger partial charge in [-0.2, -0.15) is 4.98 Å². The van der Waals surface area contributed by atoms with Crippen LogP contribution in [0.15, 0.2) is 10.9 Å². The van der Waals surface area contributed by atoms with E-state index in [-0.39, 0.29) is 0 Å². The highest BCUT2D eigenvalue weighted by Gasteiger charge is 2.08. The second-order valence-electron chi connectivity index (χ2n) is 5.23. The highest BCUT2D eigenvalue weighted by atomic mass is 16.5. The minimum Gasteiger partial charge on any atom is -0.340 e. The summed E-state index contributed by atoms with van der Waals surface area (Å²) in [6.07, 6.45) is 12.8. The summed E-state index contributed by atoms with van der Waals surface area (Å²) in [5, 5.41) is 7.28. The second-order valence-corrected chi connectivity index (χ2v) is 5.23. The van der Waals surface area contributed by atoms with Gasteiger partial charge < -0.3 is 9.84 Å². The predicted octanol–water partition coefficient (Wildman–Crippen LogP) is 3.73. The standard InChI is InChI=1S/C15H29N3O/c1-3-5-7-9-14(10-8-6-4-2)16-12-11-15-17-13-18-19-15/h13-14,16H,3-12H2,1-2H3. The number of aromatic nitrogens is 2. The molecule has 4 heteroatoms. The first-order valence-corrected chi connectivity index (χ1v) is 7.85. The van der Waals surface area contributed by atoms with Crippen molar-refractivity contribution in [2.24, 2.45) is 0 Å². The Hall–Kier alpha value is -0.900. The van der Waals surface area contributed by atoms with Gasteiger partial charge in [0, 0.05) is 19.0 Å². The molecule has 0 saturated heterocycles. The summed E-state index contributed by atoms with van der Waals surface area (Å²) in [4.78, 5) is 4.05. The molecule has 0 saturated carbocycles. The van der Waals surface area contributed by atoms with Crippen LogP contribution in [0.5, 0.6) is 0 Å². The monoisotopic (exact) mass is 267 g/mol. The van der Waals surface area contributed by atoms with Crippen LogP contribution in [-0.4, -0.2) is 22.7 Å². The van der Waals surface area contributed by atoms with Gasteiger partial charge in [-0.25, -0.2) is 0 Å². The van der Waals surface area contributed by atoms with E-state index >= 15 is 0 Å². The molecule has 0 aromatic carbocycles. The molecule has 1 heterocycles. The van der Waals surface area contributed by atoms with Crippen LogP contribution in [0.3, 0.4) is 0 Å². The predicted molar refractivity (Wildman–Crippen MR) is 78.1 cm³/mol. The van der Waals surface area contributed by atoms with Gasteiger partial charge >= 0.3 is 0 Å². The lowest BCUT2D eigenvalue weighted by molar-refractivity contribution is 0.364. The van der Waals surface area contributed by atoms with Crippen LogP contribution in [0.1, 0.15) is 71.1 Å². The van der Waals surface area contributed by atoms with Gasteiger partial charge in [-0.15, -0.1) is 0 Å². The molecule has 0 radical (unpaired) electrons. The lowest BCUT2D eigenvalue weighted by Gasteiger charge is -2.18. The van der Waals surface area contributed by atoms with Crippen molar-refractivity contribution < 1.29 is 4.52 Å². The number of nitrogens with zero attached hydrogens (tertiary/aromatic N) is 2. The molecule has 0 amide bonds. The highest BCUT2D eigenvalue weighted by Crippen LogP contribution is 2.11. The fourth-order valence-electron chi connectivity index (χ4n) is 2.32. The number of hydrogen-bond donors (Lipinski definition) is 1. The molecule has 0 bridgehead atoms. The molecule has 0 aliphatic rings. The van der Waals surface area contributed by atoms with Crippen molar-refractivity contribution >= 4 is 0 Å². The number of hydrogen-bond acceptors (Lipinski definition) is 4. The molecule has 1 aromatic heterocycles. The van der Waals surface area contributed by atoms with E-state index in [4.69, 9.17) is 4.52 Å². The van der Waals surface area contributed by atoms with Crippen LogP contribution in [-0.2, 0) is 6.42 Å². The van der Waals surface area contributed by atoms with E-state index in [9.17, 15) is 0 Å². The first kappa shape index (κ1) is 16.2. The Balaban J connectivity index is 2.18. The third-order valence-electron chi connectivity index (χ3n) is 3.49. The van der Waals surface area contributed by atoms with Crippen molar-refractivity contribution in [3.05, 3.63) is 12.2 Å². The average molecular weight is 267 g/mol. The summed E-state index contributed by atoms with van der Waals surface area (Å²) >= 11 is 0. The van der Waals surface area contributed by atoms with Gasteiger partial charge in [-0.05, 0) is 12.8 Å². The molecule has 0 unspecified atom stereocenters. The number of rotatable bonds is 12. The van der Waals surface area contributed by atoms with Crippen LogP contribution in [0.4, 0.5) is 0 Å². The van der Waals surface area contributed by atoms with E-state index in [2.05, 4.69) is 29.3 Å². The maximum Gasteiger partial charge on any atom is 0.227 e. The Kier molecular flexibility index (Phi) is 9.33. The molecule has 0 aliphatic carbocycles. The van der Waals surface area contributed by atoms with Crippen molar-refractivity contribution in [1.82, 2.24) is 15.5 Å². The van der Waals surface area contributed by atoms with Gasteiger partial charge in [0.15, 0.2) is 6.33 Å². The lowest BCUT2D eigenvalue weighted by Crippen LogP contribution is -2.31. The maximum absolute atomic E-state index is 5.01. The topological polar surface area (TPSA) is 51.0 Å². The van der Waals surface area contributed by atoms with Gasteiger partial charge in [-0.1, -0.05) is 57.5 Å². The van der Waals surface area contributed by atoms with Crippen LogP contribution in [0.25, 0.3) is 0 Å². The lowest BCUT2D eigenvalue weighted by atomic mass is 10.0. The normalized spacial score (nSPS) is 11.3. The summed E-state index contributed by atoms with van der Waals surface area (Å²) in [7, 11) is 0. The Labute approximate surface area is 117 Å². The second kappa shape index (κ2) is 11.0. The molecule has 19 heavy (non-hydrogen) atoms.